The molecule has 1 aromatic carbocycles. The lowest BCUT2D eigenvalue weighted by Crippen LogP contribution is -2.23. The Labute approximate surface area is 110 Å². The van der Waals surface area contributed by atoms with Crippen LogP contribution in [-0.4, -0.2) is 18.6 Å². The Hall–Kier alpha value is -0.870. The molecule has 1 N–H and O–H groups in total. The second-order valence-electron chi connectivity index (χ2n) is 4.53. The average Bonchev–Trinajstić information content (AvgIpc) is 2.70. The fraction of sp³-hybridized carbons (Fsp3) is 0.462. The number of aryl methyl sites for hydroxylation is 1. The zero-order chi connectivity index (χ0) is 12.4. The number of hydrogen-bond acceptors (Lipinski definition) is 2. The van der Waals surface area contributed by atoms with Crippen LogP contribution in [0, 0.1) is 12.8 Å². The Morgan fingerprint density at radius 3 is 2.88 bits per heavy atom. The van der Waals surface area contributed by atoms with E-state index in [0.717, 1.165) is 22.1 Å². The van der Waals surface area contributed by atoms with Crippen molar-refractivity contribution >= 4 is 27.5 Å². The van der Waals surface area contributed by atoms with Gasteiger partial charge in [0.2, 0.25) is 5.91 Å². The molecule has 0 spiro atoms. The molecule has 1 saturated heterocycles. The summed E-state index contributed by atoms with van der Waals surface area (Å²) in [6, 6.07) is 5.80. The topological polar surface area (TPSA) is 38.3 Å². The smallest absolute Gasteiger partial charge is 0.229 e. The van der Waals surface area contributed by atoms with E-state index < -0.39 is 0 Å². The highest BCUT2D eigenvalue weighted by atomic mass is 79.9. The van der Waals surface area contributed by atoms with Crippen LogP contribution in [0.2, 0.25) is 0 Å². The molecule has 2 unspecified atom stereocenters. The maximum absolute atomic E-state index is 12.0. The number of carbonyl (C=O) groups is 1. The number of rotatable bonds is 2. The summed E-state index contributed by atoms with van der Waals surface area (Å²) in [7, 11) is 0. The van der Waals surface area contributed by atoms with Crippen molar-refractivity contribution in [3.63, 3.8) is 0 Å². The summed E-state index contributed by atoms with van der Waals surface area (Å²) >= 11 is 3.44. The first-order valence-corrected chi connectivity index (χ1v) is 6.54. The summed E-state index contributed by atoms with van der Waals surface area (Å²) in [5, 5.41) is 2.93. The first-order chi connectivity index (χ1) is 8.06. The Bertz CT molecular complexity index is 433. The summed E-state index contributed by atoms with van der Waals surface area (Å²) < 4.78 is 6.45. The highest BCUT2D eigenvalue weighted by Gasteiger charge is 2.28. The van der Waals surface area contributed by atoms with Crippen LogP contribution in [0.3, 0.4) is 0 Å². The predicted molar refractivity (Wildman–Crippen MR) is 71.0 cm³/mol. The van der Waals surface area contributed by atoms with Gasteiger partial charge in [-0.25, -0.2) is 0 Å². The van der Waals surface area contributed by atoms with E-state index in [1.807, 2.05) is 32.0 Å². The maximum Gasteiger partial charge on any atom is 0.229 e. The molecule has 0 aliphatic carbocycles. The van der Waals surface area contributed by atoms with Crippen molar-refractivity contribution in [2.24, 2.45) is 5.92 Å². The van der Waals surface area contributed by atoms with Crippen molar-refractivity contribution < 1.29 is 9.53 Å². The summed E-state index contributed by atoms with van der Waals surface area (Å²) in [5.74, 6) is 0.0324. The normalized spacial score (nSPS) is 23.7. The molecule has 2 atom stereocenters. The van der Waals surface area contributed by atoms with Crippen molar-refractivity contribution in [1.82, 2.24) is 0 Å². The molecule has 17 heavy (non-hydrogen) atoms. The molecular formula is C13H16BrNO2. The van der Waals surface area contributed by atoms with Crippen molar-refractivity contribution in [2.45, 2.75) is 26.4 Å². The molecule has 1 aromatic rings. The first kappa shape index (κ1) is 12.6. The molecule has 4 heteroatoms. The summed E-state index contributed by atoms with van der Waals surface area (Å²) in [6.45, 7) is 4.53. The van der Waals surface area contributed by atoms with Crippen LogP contribution in [0.1, 0.15) is 18.9 Å². The van der Waals surface area contributed by atoms with Gasteiger partial charge in [0.05, 0.1) is 18.6 Å². The number of benzene rings is 1. The third-order valence-corrected chi connectivity index (χ3v) is 3.88. The van der Waals surface area contributed by atoms with Gasteiger partial charge in [0, 0.05) is 10.2 Å². The number of nitrogens with one attached hydrogen (secondary N) is 1. The minimum atomic E-state index is -0.0195. The van der Waals surface area contributed by atoms with E-state index in [1.165, 1.54) is 0 Å². The molecule has 92 valence electrons. The van der Waals surface area contributed by atoms with Gasteiger partial charge in [-0.2, -0.15) is 0 Å². The second kappa shape index (κ2) is 5.19. The van der Waals surface area contributed by atoms with Gasteiger partial charge in [-0.3, -0.25) is 4.79 Å². The molecular weight excluding hydrogens is 282 g/mol. The van der Waals surface area contributed by atoms with Crippen LogP contribution in [0.5, 0.6) is 0 Å². The minimum absolute atomic E-state index is 0.0195. The lowest BCUT2D eigenvalue weighted by molar-refractivity contribution is -0.119. The zero-order valence-corrected chi connectivity index (χ0v) is 11.6. The van der Waals surface area contributed by atoms with E-state index >= 15 is 0 Å². The van der Waals surface area contributed by atoms with Crippen LogP contribution in [0.25, 0.3) is 0 Å². The van der Waals surface area contributed by atoms with Crippen molar-refractivity contribution in [3.8, 4) is 0 Å². The van der Waals surface area contributed by atoms with Crippen LogP contribution in [0.4, 0.5) is 5.69 Å². The summed E-state index contributed by atoms with van der Waals surface area (Å²) in [6.07, 6.45) is 0.999. The fourth-order valence-electron chi connectivity index (χ4n) is 1.97. The van der Waals surface area contributed by atoms with Crippen LogP contribution >= 0.6 is 15.9 Å². The van der Waals surface area contributed by atoms with Crippen LogP contribution < -0.4 is 5.32 Å². The average molecular weight is 298 g/mol. The van der Waals surface area contributed by atoms with Gasteiger partial charge < -0.3 is 10.1 Å². The van der Waals surface area contributed by atoms with Crippen LogP contribution in [0.15, 0.2) is 22.7 Å². The zero-order valence-electron chi connectivity index (χ0n) is 10.00. The fourth-order valence-corrected chi connectivity index (χ4v) is 2.21. The Morgan fingerprint density at radius 2 is 2.29 bits per heavy atom. The number of amides is 1. The van der Waals surface area contributed by atoms with Gasteiger partial charge >= 0.3 is 0 Å². The van der Waals surface area contributed by atoms with Gasteiger partial charge in [-0.05, 0) is 44.0 Å². The largest absolute Gasteiger partial charge is 0.378 e. The number of anilines is 1. The standard InChI is InChI=1S/C13H16BrNO2/c1-8-5-11(3-4-12(8)14)15-13(16)10-6-9(2)17-7-10/h3-5,9-10H,6-7H2,1-2H3,(H,15,16). The van der Waals surface area contributed by atoms with Crippen molar-refractivity contribution in [2.75, 3.05) is 11.9 Å². The third-order valence-electron chi connectivity index (χ3n) is 2.99. The van der Waals surface area contributed by atoms with E-state index in [0.29, 0.717) is 6.61 Å². The van der Waals surface area contributed by atoms with E-state index in [4.69, 9.17) is 4.74 Å². The maximum atomic E-state index is 12.0. The molecule has 1 amide bonds. The number of carbonyl (C=O) groups excluding carboxylic acids is 1. The minimum Gasteiger partial charge on any atom is -0.378 e. The molecule has 1 aliphatic rings. The van der Waals surface area contributed by atoms with Gasteiger partial charge in [-0.1, -0.05) is 15.9 Å². The van der Waals surface area contributed by atoms with Crippen molar-refractivity contribution in [1.29, 1.82) is 0 Å². The van der Waals surface area contributed by atoms with Gasteiger partial charge in [-0.15, -0.1) is 0 Å². The SMILES string of the molecule is Cc1cc(NC(=O)C2COC(C)C2)ccc1Br. The molecule has 0 radical (unpaired) electrons. The van der Waals surface area contributed by atoms with E-state index in [9.17, 15) is 4.79 Å². The van der Waals surface area contributed by atoms with Gasteiger partial charge in [0.25, 0.3) is 0 Å². The summed E-state index contributed by atoms with van der Waals surface area (Å²) in [5.41, 5.74) is 1.95. The van der Waals surface area contributed by atoms with Crippen molar-refractivity contribution in [3.05, 3.63) is 28.2 Å². The Morgan fingerprint density at radius 1 is 1.53 bits per heavy atom. The molecule has 1 heterocycles. The molecule has 2 rings (SSSR count). The van der Waals surface area contributed by atoms with E-state index in [-0.39, 0.29) is 17.9 Å². The molecule has 0 saturated carbocycles. The number of hydrogen-bond donors (Lipinski definition) is 1. The second-order valence-corrected chi connectivity index (χ2v) is 5.38. The Balaban J connectivity index is 2.00. The predicted octanol–water partition coefficient (Wildman–Crippen LogP) is 3.12. The number of ether oxygens (including phenoxy) is 1. The van der Waals surface area contributed by atoms with Gasteiger partial charge in [0.1, 0.15) is 0 Å². The highest BCUT2D eigenvalue weighted by Crippen LogP contribution is 2.23. The van der Waals surface area contributed by atoms with E-state index in [1.54, 1.807) is 0 Å². The van der Waals surface area contributed by atoms with Crippen LogP contribution in [-0.2, 0) is 9.53 Å². The highest BCUT2D eigenvalue weighted by molar-refractivity contribution is 9.10. The monoisotopic (exact) mass is 297 g/mol. The lowest BCUT2D eigenvalue weighted by atomic mass is 10.1. The lowest BCUT2D eigenvalue weighted by Gasteiger charge is -2.10. The molecule has 0 aromatic heterocycles. The molecule has 3 nitrogen and oxygen atoms in total. The summed E-state index contributed by atoms with van der Waals surface area (Å²) in [4.78, 5) is 12.0. The molecule has 1 fully saturated rings. The quantitative estimate of drug-likeness (QED) is 0.911. The third kappa shape index (κ3) is 3.07. The molecule has 0 bridgehead atoms. The van der Waals surface area contributed by atoms with Gasteiger partial charge in [0.15, 0.2) is 0 Å². The number of halogens is 1. The Kier molecular flexibility index (Phi) is 3.84. The molecule has 1 aliphatic heterocycles. The first-order valence-electron chi connectivity index (χ1n) is 5.75. The van der Waals surface area contributed by atoms with E-state index in [2.05, 4.69) is 21.2 Å².